The summed E-state index contributed by atoms with van der Waals surface area (Å²) < 4.78 is 25.1. The highest BCUT2D eigenvalue weighted by Gasteiger charge is 2.33. The highest BCUT2D eigenvalue weighted by atomic mass is 32.1. The number of benzene rings is 2. The van der Waals surface area contributed by atoms with Crippen LogP contribution in [0.25, 0.3) is 0 Å². The summed E-state index contributed by atoms with van der Waals surface area (Å²) in [6, 6.07) is 15.3. The van der Waals surface area contributed by atoms with Gasteiger partial charge in [0.2, 0.25) is 5.91 Å². The fourth-order valence-electron chi connectivity index (χ4n) is 4.51. The van der Waals surface area contributed by atoms with Crippen LogP contribution in [0.5, 0.6) is 5.75 Å². The van der Waals surface area contributed by atoms with Crippen LogP contribution in [0.4, 0.5) is 4.39 Å². The van der Waals surface area contributed by atoms with Gasteiger partial charge in [-0.05, 0) is 65.2 Å². The molecule has 2 aromatic carbocycles. The number of hydrogen-bond acceptors (Lipinski definition) is 5. The van der Waals surface area contributed by atoms with Crippen molar-refractivity contribution in [1.29, 1.82) is 0 Å². The second-order valence-electron chi connectivity index (χ2n) is 9.42. The van der Waals surface area contributed by atoms with Crippen molar-refractivity contribution in [2.75, 3.05) is 40.0 Å². The third-order valence-corrected chi connectivity index (χ3v) is 7.62. The molecule has 1 aromatic heterocycles. The molecule has 6 nitrogen and oxygen atoms in total. The molecular weight excluding hydrogens is 491 g/mol. The second kappa shape index (κ2) is 12.3. The lowest BCUT2D eigenvalue weighted by atomic mass is 10.00. The number of methoxy groups -OCH3 is 1. The van der Waals surface area contributed by atoms with E-state index in [2.05, 4.69) is 32.0 Å². The first-order chi connectivity index (χ1) is 17.9. The van der Waals surface area contributed by atoms with Crippen LogP contribution in [0.2, 0.25) is 0 Å². The van der Waals surface area contributed by atoms with E-state index in [4.69, 9.17) is 9.47 Å². The Bertz CT molecular complexity index is 1210. The number of carbonyl (C=O) groups is 2. The van der Waals surface area contributed by atoms with Crippen LogP contribution in [0, 0.1) is 5.82 Å². The third kappa shape index (κ3) is 6.56. The molecular formula is C29H33FN2O4S. The molecule has 4 rings (SSSR count). The maximum atomic E-state index is 13.8. The summed E-state index contributed by atoms with van der Waals surface area (Å²) in [5.41, 5.74) is 2.52. The highest BCUT2D eigenvalue weighted by Crippen LogP contribution is 2.34. The van der Waals surface area contributed by atoms with Crippen LogP contribution in [0.3, 0.4) is 0 Å². The van der Waals surface area contributed by atoms with Gasteiger partial charge in [-0.25, -0.2) is 4.39 Å². The molecule has 1 aliphatic rings. The van der Waals surface area contributed by atoms with E-state index >= 15 is 0 Å². The molecule has 0 aliphatic carbocycles. The van der Waals surface area contributed by atoms with Gasteiger partial charge in [0.25, 0.3) is 5.91 Å². The first-order valence-electron chi connectivity index (χ1n) is 12.5. The van der Waals surface area contributed by atoms with Gasteiger partial charge >= 0.3 is 0 Å². The summed E-state index contributed by atoms with van der Waals surface area (Å²) in [6.07, 6.45) is 0.758. The Morgan fingerprint density at radius 1 is 1.16 bits per heavy atom. The Kier molecular flexibility index (Phi) is 8.95. The lowest BCUT2D eigenvalue weighted by molar-refractivity contribution is -0.135. The van der Waals surface area contributed by atoms with Gasteiger partial charge in [0.1, 0.15) is 24.7 Å². The van der Waals surface area contributed by atoms with E-state index in [0.717, 1.165) is 17.7 Å². The molecule has 37 heavy (non-hydrogen) atoms. The minimum absolute atomic E-state index is 0.127. The van der Waals surface area contributed by atoms with Crippen molar-refractivity contribution < 1.29 is 23.5 Å². The summed E-state index contributed by atoms with van der Waals surface area (Å²) in [4.78, 5) is 31.2. The van der Waals surface area contributed by atoms with E-state index in [1.165, 1.54) is 40.6 Å². The molecule has 0 saturated heterocycles. The summed E-state index contributed by atoms with van der Waals surface area (Å²) in [5.74, 6) is 0.105. The van der Waals surface area contributed by atoms with E-state index in [1.54, 1.807) is 22.3 Å². The van der Waals surface area contributed by atoms with Crippen LogP contribution in [-0.4, -0.2) is 61.6 Å². The van der Waals surface area contributed by atoms with Gasteiger partial charge in [-0.15, -0.1) is 11.3 Å². The average molecular weight is 525 g/mol. The molecule has 8 heteroatoms. The maximum Gasteiger partial charge on any atom is 0.254 e. The molecule has 1 atom stereocenters. The SMILES string of the molecule is COCCN(CC(=O)N1CCc2sccc2C1COc1ccc(C(C)C)cc1)C(=O)c1cccc(F)c1. The Morgan fingerprint density at radius 3 is 2.65 bits per heavy atom. The van der Waals surface area contributed by atoms with E-state index in [0.29, 0.717) is 19.1 Å². The topological polar surface area (TPSA) is 59.1 Å². The molecule has 1 unspecified atom stereocenters. The number of rotatable bonds is 10. The predicted molar refractivity (Wildman–Crippen MR) is 143 cm³/mol. The standard InChI is InChI=1S/C29H33FN2O4S/c1-20(2)21-7-9-24(10-8-21)36-19-26-25-12-16-37-27(25)11-13-32(26)28(33)18-31(14-15-35-3)29(34)22-5-4-6-23(30)17-22/h4-10,12,16-17,20,26H,11,13-15,18-19H2,1-3H3. The second-order valence-corrected chi connectivity index (χ2v) is 10.4. The monoisotopic (exact) mass is 524 g/mol. The molecule has 2 heterocycles. The fraction of sp³-hybridized carbons (Fsp3) is 0.379. The molecule has 0 spiro atoms. The lowest BCUT2D eigenvalue weighted by Crippen LogP contribution is -2.48. The van der Waals surface area contributed by atoms with Crippen LogP contribution >= 0.6 is 11.3 Å². The third-order valence-electron chi connectivity index (χ3n) is 6.62. The van der Waals surface area contributed by atoms with Crippen LogP contribution < -0.4 is 4.74 Å². The first kappa shape index (κ1) is 26.8. The van der Waals surface area contributed by atoms with Crippen molar-refractivity contribution in [3.63, 3.8) is 0 Å². The quantitative estimate of drug-likeness (QED) is 0.361. The Morgan fingerprint density at radius 2 is 1.95 bits per heavy atom. The number of thiophene rings is 1. The molecule has 1 aliphatic heterocycles. The number of amides is 2. The summed E-state index contributed by atoms with van der Waals surface area (Å²) in [7, 11) is 1.54. The Balaban J connectivity index is 1.51. The number of ether oxygens (including phenoxy) is 2. The zero-order chi connectivity index (χ0) is 26.4. The number of halogens is 1. The minimum Gasteiger partial charge on any atom is -0.491 e. The van der Waals surface area contributed by atoms with E-state index in [9.17, 15) is 14.0 Å². The molecule has 0 saturated carbocycles. The first-order valence-corrected chi connectivity index (χ1v) is 13.4. The van der Waals surface area contributed by atoms with Gasteiger partial charge in [0.05, 0.1) is 12.6 Å². The van der Waals surface area contributed by atoms with Crippen molar-refractivity contribution in [2.24, 2.45) is 0 Å². The van der Waals surface area contributed by atoms with Gasteiger partial charge in [-0.3, -0.25) is 9.59 Å². The predicted octanol–water partition coefficient (Wildman–Crippen LogP) is 5.30. The van der Waals surface area contributed by atoms with E-state index in [1.807, 2.05) is 17.5 Å². The van der Waals surface area contributed by atoms with Crippen molar-refractivity contribution in [3.05, 3.63) is 87.4 Å². The number of hydrogen-bond donors (Lipinski definition) is 0. The normalized spacial score (nSPS) is 14.9. The molecule has 2 amide bonds. The summed E-state index contributed by atoms with van der Waals surface area (Å²) in [6.45, 7) is 5.51. The largest absolute Gasteiger partial charge is 0.491 e. The van der Waals surface area contributed by atoms with Gasteiger partial charge < -0.3 is 19.3 Å². The van der Waals surface area contributed by atoms with Crippen molar-refractivity contribution in [1.82, 2.24) is 9.80 Å². The smallest absolute Gasteiger partial charge is 0.254 e. The fourth-order valence-corrected chi connectivity index (χ4v) is 5.44. The van der Waals surface area contributed by atoms with E-state index < -0.39 is 11.7 Å². The van der Waals surface area contributed by atoms with Gasteiger partial charge in [0, 0.05) is 30.6 Å². The molecule has 0 bridgehead atoms. The average Bonchev–Trinajstić information content (AvgIpc) is 3.38. The number of fused-ring (bicyclic) bond motifs is 1. The number of nitrogens with zero attached hydrogens (tertiary/aromatic N) is 2. The summed E-state index contributed by atoms with van der Waals surface area (Å²) in [5, 5.41) is 2.04. The highest BCUT2D eigenvalue weighted by molar-refractivity contribution is 7.10. The van der Waals surface area contributed by atoms with E-state index in [-0.39, 0.29) is 37.2 Å². The lowest BCUT2D eigenvalue weighted by Gasteiger charge is -2.37. The van der Waals surface area contributed by atoms with Crippen molar-refractivity contribution >= 4 is 23.2 Å². The molecule has 0 N–H and O–H groups in total. The van der Waals surface area contributed by atoms with Crippen molar-refractivity contribution in [3.8, 4) is 5.75 Å². The van der Waals surface area contributed by atoms with Crippen LogP contribution in [0.15, 0.2) is 60.0 Å². The zero-order valence-electron chi connectivity index (χ0n) is 21.5. The van der Waals surface area contributed by atoms with Crippen molar-refractivity contribution in [2.45, 2.75) is 32.2 Å². The Labute approximate surface area is 221 Å². The maximum absolute atomic E-state index is 13.8. The van der Waals surface area contributed by atoms with Gasteiger partial charge in [0.15, 0.2) is 0 Å². The van der Waals surface area contributed by atoms with Gasteiger partial charge in [-0.2, -0.15) is 0 Å². The Hall–Kier alpha value is -3.23. The molecule has 3 aromatic rings. The van der Waals surface area contributed by atoms with Crippen LogP contribution in [-0.2, 0) is 16.0 Å². The van der Waals surface area contributed by atoms with Crippen LogP contribution in [0.1, 0.15) is 52.2 Å². The van der Waals surface area contributed by atoms with Gasteiger partial charge in [-0.1, -0.05) is 32.0 Å². The summed E-state index contributed by atoms with van der Waals surface area (Å²) >= 11 is 1.69. The molecule has 196 valence electrons. The number of carbonyl (C=O) groups excluding carboxylic acids is 2. The molecule has 0 radical (unpaired) electrons. The zero-order valence-corrected chi connectivity index (χ0v) is 22.3. The molecule has 0 fully saturated rings. The minimum atomic E-state index is -0.497.